The first-order valence-electron chi connectivity index (χ1n) is 11.4. The zero-order chi connectivity index (χ0) is 22.5. The van der Waals surface area contributed by atoms with Crippen molar-refractivity contribution in [2.45, 2.75) is 46.1 Å². The molecule has 0 radical (unpaired) electrons. The largest absolute Gasteiger partial charge is 0.378 e. The lowest BCUT2D eigenvalue weighted by Crippen LogP contribution is -2.38. The Hall–Kier alpha value is -2.30. The highest BCUT2D eigenvalue weighted by Crippen LogP contribution is 2.21. The fraction of sp³-hybridized carbons (Fsp3) is 0.636. The smallest absolute Gasteiger partial charge is 0.255 e. The standard InChI is InChI=1S/C22H32N6O3S/c1-15-5-7-27(8-6-15)13-17-14-32-22(24-17)25-19(29)4-3-18-16(2)23-21(26-20(18)30)28-9-11-31-12-10-28/h14-15H,3-13H2,1-2H3,(H,23,26,30)(H,24,25,29). The van der Waals surface area contributed by atoms with Crippen molar-refractivity contribution in [3.8, 4) is 0 Å². The molecule has 2 aromatic rings. The third kappa shape index (κ3) is 5.93. The third-order valence-corrected chi connectivity index (χ3v) is 6.99. The summed E-state index contributed by atoms with van der Waals surface area (Å²) in [6, 6.07) is 0. The first-order chi connectivity index (χ1) is 15.5. The monoisotopic (exact) mass is 460 g/mol. The van der Waals surface area contributed by atoms with Crippen molar-refractivity contribution in [2.75, 3.05) is 49.6 Å². The molecule has 10 heteroatoms. The number of thiazole rings is 1. The summed E-state index contributed by atoms with van der Waals surface area (Å²) in [4.78, 5) is 41.4. The number of morpholine rings is 1. The summed E-state index contributed by atoms with van der Waals surface area (Å²) < 4.78 is 5.35. The Labute approximate surface area is 192 Å². The molecule has 0 saturated carbocycles. The fourth-order valence-electron chi connectivity index (χ4n) is 4.12. The van der Waals surface area contributed by atoms with Crippen LogP contribution in [0, 0.1) is 12.8 Å². The maximum Gasteiger partial charge on any atom is 0.255 e. The number of hydrogen-bond donors (Lipinski definition) is 2. The summed E-state index contributed by atoms with van der Waals surface area (Å²) in [6.45, 7) is 9.82. The van der Waals surface area contributed by atoms with Gasteiger partial charge in [-0.15, -0.1) is 11.3 Å². The number of H-pyrrole nitrogens is 1. The first kappa shape index (κ1) is 22.9. The van der Waals surface area contributed by atoms with Crippen LogP contribution in [0.4, 0.5) is 11.1 Å². The average Bonchev–Trinajstić information content (AvgIpc) is 3.22. The Morgan fingerprint density at radius 1 is 1.25 bits per heavy atom. The number of ether oxygens (including phenoxy) is 1. The van der Waals surface area contributed by atoms with E-state index in [1.54, 1.807) is 0 Å². The van der Waals surface area contributed by atoms with Crippen molar-refractivity contribution in [2.24, 2.45) is 5.92 Å². The molecule has 0 unspecified atom stereocenters. The number of carbonyl (C=O) groups excluding carboxylic acids is 1. The Morgan fingerprint density at radius 3 is 2.72 bits per heavy atom. The number of anilines is 2. The summed E-state index contributed by atoms with van der Waals surface area (Å²) in [5.74, 6) is 1.23. The van der Waals surface area contributed by atoms with Crippen molar-refractivity contribution in [3.05, 3.63) is 32.7 Å². The van der Waals surface area contributed by atoms with Gasteiger partial charge in [0.15, 0.2) is 5.13 Å². The minimum absolute atomic E-state index is 0.145. The van der Waals surface area contributed by atoms with Crippen LogP contribution in [-0.2, 0) is 22.5 Å². The SMILES string of the molecule is Cc1nc(N2CCOCC2)[nH]c(=O)c1CCC(=O)Nc1nc(CN2CCC(C)CC2)cs1. The molecule has 174 valence electrons. The van der Waals surface area contributed by atoms with E-state index in [0.29, 0.717) is 55.1 Å². The molecule has 4 heterocycles. The van der Waals surface area contributed by atoms with Crippen LogP contribution in [0.5, 0.6) is 0 Å². The topological polar surface area (TPSA) is 103 Å². The van der Waals surface area contributed by atoms with Gasteiger partial charge in [-0.25, -0.2) is 9.97 Å². The number of hydrogen-bond acceptors (Lipinski definition) is 8. The van der Waals surface area contributed by atoms with Crippen LogP contribution in [0.3, 0.4) is 0 Å². The molecule has 0 aliphatic carbocycles. The van der Waals surface area contributed by atoms with E-state index in [9.17, 15) is 9.59 Å². The van der Waals surface area contributed by atoms with E-state index in [1.165, 1.54) is 24.2 Å². The molecule has 0 bridgehead atoms. The second-order valence-corrected chi connectivity index (χ2v) is 9.56. The molecular weight excluding hydrogens is 428 g/mol. The number of nitrogens with one attached hydrogen (secondary N) is 2. The van der Waals surface area contributed by atoms with Crippen molar-refractivity contribution < 1.29 is 9.53 Å². The second kappa shape index (κ2) is 10.5. The predicted molar refractivity (Wildman–Crippen MR) is 125 cm³/mol. The number of aromatic nitrogens is 3. The third-order valence-electron chi connectivity index (χ3n) is 6.18. The van der Waals surface area contributed by atoms with E-state index in [0.717, 1.165) is 31.2 Å². The molecule has 2 aliphatic rings. The Balaban J connectivity index is 1.28. The van der Waals surface area contributed by atoms with Crippen LogP contribution in [-0.4, -0.2) is 65.2 Å². The zero-order valence-corrected chi connectivity index (χ0v) is 19.7. The summed E-state index contributed by atoms with van der Waals surface area (Å²) in [6.07, 6.45) is 3.01. The average molecular weight is 461 g/mol. The summed E-state index contributed by atoms with van der Waals surface area (Å²) in [5, 5.41) is 5.50. The van der Waals surface area contributed by atoms with Crippen molar-refractivity contribution in [1.29, 1.82) is 0 Å². The van der Waals surface area contributed by atoms with Crippen LogP contribution in [0.2, 0.25) is 0 Å². The van der Waals surface area contributed by atoms with Gasteiger partial charge in [-0.3, -0.25) is 19.5 Å². The van der Waals surface area contributed by atoms with Gasteiger partial charge in [0, 0.05) is 42.7 Å². The highest BCUT2D eigenvalue weighted by atomic mass is 32.1. The highest BCUT2D eigenvalue weighted by Gasteiger charge is 2.18. The van der Waals surface area contributed by atoms with E-state index in [1.807, 2.05) is 17.2 Å². The van der Waals surface area contributed by atoms with Crippen LogP contribution in [0.15, 0.2) is 10.2 Å². The van der Waals surface area contributed by atoms with Gasteiger partial charge in [-0.05, 0) is 45.2 Å². The number of aryl methyl sites for hydroxylation is 1. The van der Waals surface area contributed by atoms with E-state index in [4.69, 9.17) is 4.74 Å². The van der Waals surface area contributed by atoms with Crippen LogP contribution >= 0.6 is 11.3 Å². The number of likely N-dealkylation sites (tertiary alicyclic amines) is 1. The number of amides is 1. The zero-order valence-electron chi connectivity index (χ0n) is 18.9. The molecule has 2 fully saturated rings. The lowest BCUT2D eigenvalue weighted by Gasteiger charge is -2.29. The number of aromatic amines is 1. The molecule has 2 N–H and O–H groups in total. The van der Waals surface area contributed by atoms with E-state index in [2.05, 4.69) is 32.1 Å². The van der Waals surface area contributed by atoms with Gasteiger partial charge >= 0.3 is 0 Å². The van der Waals surface area contributed by atoms with Crippen LogP contribution < -0.4 is 15.8 Å². The van der Waals surface area contributed by atoms with Crippen molar-refractivity contribution in [1.82, 2.24) is 19.9 Å². The Bertz CT molecular complexity index is 976. The van der Waals surface area contributed by atoms with Gasteiger partial charge in [0.05, 0.1) is 18.9 Å². The van der Waals surface area contributed by atoms with Gasteiger partial charge in [0.2, 0.25) is 11.9 Å². The lowest BCUT2D eigenvalue weighted by molar-refractivity contribution is -0.116. The van der Waals surface area contributed by atoms with Gasteiger partial charge in [0.1, 0.15) is 0 Å². The van der Waals surface area contributed by atoms with E-state index < -0.39 is 0 Å². The number of nitrogens with zero attached hydrogens (tertiary/aromatic N) is 4. The molecule has 1 amide bonds. The summed E-state index contributed by atoms with van der Waals surface area (Å²) >= 11 is 1.45. The first-order valence-corrected chi connectivity index (χ1v) is 12.2. The van der Waals surface area contributed by atoms with Gasteiger partial charge < -0.3 is 15.0 Å². The summed E-state index contributed by atoms with van der Waals surface area (Å²) in [7, 11) is 0. The maximum atomic E-state index is 12.6. The quantitative estimate of drug-likeness (QED) is 0.653. The number of carbonyl (C=O) groups is 1. The lowest BCUT2D eigenvalue weighted by atomic mass is 9.99. The normalized spacial score (nSPS) is 18.1. The number of rotatable bonds is 7. The molecule has 4 rings (SSSR count). The molecule has 0 atom stereocenters. The van der Waals surface area contributed by atoms with E-state index in [-0.39, 0.29) is 17.9 Å². The summed E-state index contributed by atoms with van der Waals surface area (Å²) in [5.41, 5.74) is 2.03. The molecule has 0 aromatic carbocycles. The molecule has 0 spiro atoms. The van der Waals surface area contributed by atoms with Gasteiger partial charge in [-0.1, -0.05) is 6.92 Å². The molecule has 2 aliphatic heterocycles. The Morgan fingerprint density at radius 2 is 2.00 bits per heavy atom. The second-order valence-electron chi connectivity index (χ2n) is 8.70. The van der Waals surface area contributed by atoms with Gasteiger partial charge in [0.25, 0.3) is 5.56 Å². The van der Waals surface area contributed by atoms with Crippen molar-refractivity contribution in [3.63, 3.8) is 0 Å². The maximum absolute atomic E-state index is 12.6. The highest BCUT2D eigenvalue weighted by molar-refractivity contribution is 7.13. The molecule has 2 saturated heterocycles. The van der Waals surface area contributed by atoms with Crippen molar-refractivity contribution >= 4 is 28.3 Å². The minimum atomic E-state index is -0.181. The molecule has 32 heavy (non-hydrogen) atoms. The predicted octanol–water partition coefficient (Wildman–Crippen LogP) is 2.17. The van der Waals surface area contributed by atoms with Crippen LogP contribution in [0.25, 0.3) is 0 Å². The molecule has 9 nitrogen and oxygen atoms in total. The van der Waals surface area contributed by atoms with E-state index >= 15 is 0 Å². The van der Waals surface area contributed by atoms with Gasteiger partial charge in [-0.2, -0.15) is 0 Å². The fourth-order valence-corrected chi connectivity index (χ4v) is 4.84. The molecule has 2 aromatic heterocycles. The van der Waals surface area contributed by atoms with Crippen LogP contribution in [0.1, 0.15) is 43.1 Å². The minimum Gasteiger partial charge on any atom is -0.378 e. The Kier molecular flexibility index (Phi) is 7.54. The molecular formula is C22H32N6O3S. The number of piperidine rings is 1.